The lowest BCUT2D eigenvalue weighted by molar-refractivity contribution is -0.130. The van der Waals surface area contributed by atoms with Crippen molar-refractivity contribution in [3.05, 3.63) is 72.8 Å². The van der Waals surface area contributed by atoms with Gasteiger partial charge in [0.25, 0.3) is 5.56 Å². The minimum absolute atomic E-state index is 0.00938. The Kier molecular flexibility index (Phi) is 9.69. The van der Waals surface area contributed by atoms with Crippen LogP contribution in [0.2, 0.25) is 20.1 Å². The molecule has 1 unspecified atom stereocenters. The molecule has 2 N–H and O–H groups in total. The summed E-state index contributed by atoms with van der Waals surface area (Å²) in [6.45, 7) is 13.9. The second-order valence-corrected chi connectivity index (χ2v) is 13.7. The van der Waals surface area contributed by atoms with Crippen LogP contribution in [0.3, 0.4) is 0 Å². The number of allylic oxidation sites excluding steroid dienone is 1. The summed E-state index contributed by atoms with van der Waals surface area (Å²) in [4.78, 5) is 40.4. The molecule has 1 saturated heterocycles. The molecule has 0 bridgehead atoms. The van der Waals surface area contributed by atoms with Crippen LogP contribution in [0.5, 0.6) is 0 Å². The molecule has 0 spiro atoms. The van der Waals surface area contributed by atoms with Crippen LogP contribution >= 0.6 is 46.4 Å². The Morgan fingerprint density at radius 2 is 1.79 bits per heavy atom. The molecule has 1 fully saturated rings. The summed E-state index contributed by atoms with van der Waals surface area (Å²) in [6, 6.07) is 2.49. The topological polar surface area (TPSA) is 121 Å². The number of rotatable bonds is 5. The Morgan fingerprint density at radius 1 is 1.15 bits per heavy atom. The van der Waals surface area contributed by atoms with Gasteiger partial charge in [-0.1, -0.05) is 79.8 Å². The largest absolute Gasteiger partial charge is 0.397 e. The summed E-state index contributed by atoms with van der Waals surface area (Å²) in [5.41, 5.74) is 6.49. The van der Waals surface area contributed by atoms with Gasteiger partial charge in [0.05, 0.1) is 43.2 Å². The maximum atomic E-state index is 15.2. The fourth-order valence-corrected chi connectivity index (χ4v) is 7.61. The molecule has 14 heteroatoms. The first-order chi connectivity index (χ1) is 22.2. The Labute approximate surface area is 291 Å². The molecular weight excluding hydrogens is 687 g/mol. The summed E-state index contributed by atoms with van der Waals surface area (Å²) in [5.74, 6) is -1.52. The van der Waals surface area contributed by atoms with Gasteiger partial charge in [0.1, 0.15) is 17.3 Å². The third-order valence-corrected chi connectivity index (χ3v) is 10.2. The average Bonchev–Trinajstić information content (AvgIpc) is 3.02. The van der Waals surface area contributed by atoms with E-state index in [9.17, 15) is 14.9 Å². The lowest BCUT2D eigenvalue weighted by Gasteiger charge is -2.45. The molecule has 2 aliphatic rings. The van der Waals surface area contributed by atoms with Crippen molar-refractivity contribution < 1.29 is 9.18 Å². The van der Waals surface area contributed by atoms with Crippen LogP contribution in [0.25, 0.3) is 22.3 Å². The van der Waals surface area contributed by atoms with E-state index in [2.05, 4.69) is 17.6 Å². The quantitative estimate of drug-likeness (QED) is 0.125. The molecule has 0 radical (unpaired) electrons. The lowest BCUT2D eigenvalue weighted by Crippen LogP contribution is -2.58. The van der Waals surface area contributed by atoms with E-state index in [-0.39, 0.29) is 68.0 Å². The van der Waals surface area contributed by atoms with Crippen molar-refractivity contribution in [3.8, 4) is 17.3 Å². The molecule has 1 amide bonds. The number of hydrogen-bond acceptors (Lipinski definition) is 7. The van der Waals surface area contributed by atoms with Gasteiger partial charge < -0.3 is 15.5 Å². The van der Waals surface area contributed by atoms with Crippen LogP contribution in [0.15, 0.2) is 40.8 Å². The van der Waals surface area contributed by atoms with Gasteiger partial charge in [0.2, 0.25) is 5.91 Å². The third-order valence-electron chi connectivity index (χ3n) is 8.71. The number of nitrogen functional groups attached to an aromatic ring is 1. The van der Waals surface area contributed by atoms with Gasteiger partial charge in [-0.25, -0.2) is 9.37 Å². The van der Waals surface area contributed by atoms with Crippen molar-refractivity contribution in [2.75, 3.05) is 23.7 Å². The van der Waals surface area contributed by atoms with Crippen LogP contribution < -0.4 is 16.2 Å². The summed E-state index contributed by atoms with van der Waals surface area (Å²) in [7, 11) is 0. The normalized spacial score (nSPS) is 21.3. The van der Waals surface area contributed by atoms with E-state index in [0.29, 0.717) is 29.9 Å². The highest BCUT2D eigenvalue weighted by Gasteiger charge is 2.37. The van der Waals surface area contributed by atoms with Gasteiger partial charge in [-0.2, -0.15) is 5.26 Å². The Bertz CT molecular complexity index is 1960. The zero-order valence-corrected chi connectivity index (χ0v) is 29.3. The van der Waals surface area contributed by atoms with Crippen molar-refractivity contribution >= 4 is 80.4 Å². The highest BCUT2D eigenvalue weighted by atomic mass is 35.5. The molecule has 2 aromatic heterocycles. The molecule has 9 nitrogen and oxygen atoms in total. The number of pyridine rings is 2. The van der Waals surface area contributed by atoms with Crippen molar-refractivity contribution in [3.63, 3.8) is 0 Å². The van der Waals surface area contributed by atoms with E-state index >= 15 is 4.39 Å². The van der Waals surface area contributed by atoms with Crippen molar-refractivity contribution in [2.24, 2.45) is 16.8 Å². The minimum atomic E-state index is -1.01. The molecule has 1 aromatic carbocycles. The van der Waals surface area contributed by atoms with Gasteiger partial charge in [-0.05, 0) is 31.9 Å². The number of aromatic nitrogens is 2. The van der Waals surface area contributed by atoms with Crippen molar-refractivity contribution in [2.45, 2.75) is 52.7 Å². The molecule has 0 aliphatic carbocycles. The number of nitrogens with two attached hydrogens (primary N) is 1. The molecule has 4 heterocycles. The minimum Gasteiger partial charge on any atom is -0.397 e. The lowest BCUT2D eigenvalue weighted by atomic mass is 9.88. The van der Waals surface area contributed by atoms with E-state index in [1.54, 1.807) is 17.2 Å². The number of halogens is 5. The molecular formula is C33H32Cl4FN7O2. The van der Waals surface area contributed by atoms with Crippen LogP contribution in [0.4, 0.5) is 15.8 Å². The molecule has 246 valence electrons. The van der Waals surface area contributed by atoms with Crippen molar-refractivity contribution in [1.29, 1.82) is 5.26 Å². The Hall–Kier alpha value is -3.62. The highest BCUT2D eigenvalue weighted by molar-refractivity contribution is 6.46. The number of nitrogens with zero attached hydrogens (tertiary/aromatic N) is 6. The highest BCUT2D eigenvalue weighted by Crippen LogP contribution is 2.47. The SMILES string of the molecule is C=CC(=O)N1[C@H](C)CN(c2c(C#N)c(=O)n(C3C(C(C)C)=NC=C[C@H]3C)c3nc(-c4c(N)c(Cl)c(Cl)c(F)c4Cl)c(Cl)cc23)C[C@@H]1C. The number of fused-ring (bicyclic) bond motifs is 1. The maximum Gasteiger partial charge on any atom is 0.272 e. The zero-order valence-electron chi connectivity index (χ0n) is 26.3. The van der Waals surface area contributed by atoms with E-state index in [0.717, 1.165) is 0 Å². The van der Waals surface area contributed by atoms with Gasteiger partial charge in [0.15, 0.2) is 5.82 Å². The van der Waals surface area contributed by atoms with Gasteiger partial charge in [-0.15, -0.1) is 0 Å². The fraction of sp³-hybridized carbons (Fsp3) is 0.364. The Balaban J connectivity index is 1.91. The summed E-state index contributed by atoms with van der Waals surface area (Å²) in [6.07, 6.45) is 4.83. The third kappa shape index (κ3) is 5.67. The second kappa shape index (κ2) is 13.1. The number of anilines is 2. The van der Waals surface area contributed by atoms with Crippen LogP contribution in [-0.2, 0) is 4.79 Å². The van der Waals surface area contributed by atoms with E-state index in [1.807, 2.05) is 45.6 Å². The summed E-state index contributed by atoms with van der Waals surface area (Å²) >= 11 is 25.7. The van der Waals surface area contributed by atoms with E-state index in [1.165, 1.54) is 10.6 Å². The van der Waals surface area contributed by atoms with Crippen LogP contribution in [0, 0.1) is 29.0 Å². The fourth-order valence-electron chi connectivity index (χ4n) is 6.65. The first kappa shape index (κ1) is 34.7. The number of aliphatic imine (C=N–C) groups is 1. The molecule has 3 aromatic rings. The van der Waals surface area contributed by atoms with Gasteiger partial charge in [-0.3, -0.25) is 19.1 Å². The van der Waals surface area contributed by atoms with E-state index < -0.39 is 27.5 Å². The molecule has 0 saturated carbocycles. The first-order valence-corrected chi connectivity index (χ1v) is 16.4. The number of carbonyl (C=O) groups excluding carboxylic acids is 1. The van der Waals surface area contributed by atoms with Gasteiger partial charge in [0, 0.05) is 54.0 Å². The number of nitriles is 1. The van der Waals surface area contributed by atoms with Crippen LogP contribution in [0.1, 0.15) is 46.2 Å². The van der Waals surface area contributed by atoms with Gasteiger partial charge >= 0.3 is 0 Å². The predicted octanol–water partition coefficient (Wildman–Crippen LogP) is 7.68. The molecule has 2 aliphatic heterocycles. The maximum absolute atomic E-state index is 15.2. The Morgan fingerprint density at radius 3 is 2.36 bits per heavy atom. The number of hydrogen-bond donors (Lipinski definition) is 1. The van der Waals surface area contributed by atoms with Crippen molar-refractivity contribution in [1.82, 2.24) is 14.5 Å². The summed E-state index contributed by atoms with van der Waals surface area (Å²) < 4.78 is 16.6. The standard InChI is InChI=1S/C33H32Cl4FN7O2/c1-7-21(46)44-16(5)12-43(13-17(44)6)31-18-10-20(34)29(22-23(35)26(38)24(36)25(37)27(22)40)42-32(18)45(33(47)19(31)11-39)30-15(4)8-9-41-28(30)14(2)3/h7-10,14-17,30H,1,12-13,40H2,2-6H3/t15-,16-,17+,30?/m1/s1. The number of amides is 1. The molecule has 47 heavy (non-hydrogen) atoms. The molecule has 5 rings (SSSR count). The average molecular weight is 719 g/mol. The summed E-state index contributed by atoms with van der Waals surface area (Å²) in [5, 5.41) is 9.78. The van der Waals surface area contributed by atoms with Crippen LogP contribution in [-0.4, -0.2) is 51.2 Å². The zero-order chi connectivity index (χ0) is 34.6. The smallest absolute Gasteiger partial charge is 0.272 e. The molecule has 4 atom stereocenters. The number of piperazine rings is 1. The first-order valence-electron chi connectivity index (χ1n) is 14.9. The predicted molar refractivity (Wildman–Crippen MR) is 188 cm³/mol. The second-order valence-electron chi connectivity index (χ2n) is 12.2. The van der Waals surface area contributed by atoms with E-state index in [4.69, 9.17) is 57.1 Å². The number of benzene rings is 1. The number of carbonyl (C=O) groups is 1. The monoisotopic (exact) mass is 717 g/mol.